The molecule has 1 unspecified atom stereocenters. The maximum Gasteiger partial charge on any atom is 0.0426 e. The first-order valence-electron chi connectivity index (χ1n) is 6.94. The number of hydrogen-bond acceptors (Lipinski definition) is 1. The normalized spacial score (nSPS) is 36.9. The second-order valence-corrected chi connectivity index (χ2v) is 7.44. The van der Waals surface area contributed by atoms with Crippen molar-refractivity contribution in [2.75, 3.05) is 5.32 Å². The van der Waals surface area contributed by atoms with E-state index in [1.165, 1.54) is 19.3 Å². The van der Waals surface area contributed by atoms with Crippen molar-refractivity contribution in [2.45, 2.75) is 46.1 Å². The fourth-order valence-corrected chi connectivity index (χ4v) is 4.60. The first-order valence-corrected chi connectivity index (χ1v) is 7.32. The van der Waals surface area contributed by atoms with Crippen molar-refractivity contribution in [1.82, 2.24) is 0 Å². The van der Waals surface area contributed by atoms with Crippen LogP contribution in [0, 0.1) is 16.7 Å². The highest BCUT2D eigenvalue weighted by Crippen LogP contribution is 2.63. The first-order chi connectivity index (χ1) is 8.42. The third kappa shape index (κ3) is 1.75. The maximum absolute atomic E-state index is 6.08. The monoisotopic (exact) mass is 263 g/mol. The third-order valence-electron chi connectivity index (χ3n) is 5.41. The predicted molar refractivity (Wildman–Crippen MR) is 78.1 cm³/mol. The van der Waals surface area contributed by atoms with E-state index in [-0.39, 0.29) is 0 Å². The van der Waals surface area contributed by atoms with E-state index in [0.29, 0.717) is 16.9 Å². The SMILES string of the molecule is CC1(C)C(Nc2cccc(Cl)c2)[C@]2(C)CC[C@H]1C2. The summed E-state index contributed by atoms with van der Waals surface area (Å²) in [7, 11) is 0. The Kier molecular flexibility index (Phi) is 2.68. The number of halogens is 1. The third-order valence-corrected chi connectivity index (χ3v) is 5.64. The van der Waals surface area contributed by atoms with Gasteiger partial charge in [-0.25, -0.2) is 0 Å². The summed E-state index contributed by atoms with van der Waals surface area (Å²) in [6, 6.07) is 8.67. The molecule has 2 aliphatic rings. The van der Waals surface area contributed by atoms with Gasteiger partial charge in [-0.3, -0.25) is 0 Å². The largest absolute Gasteiger partial charge is 0.381 e. The zero-order valence-electron chi connectivity index (χ0n) is 11.5. The zero-order chi connectivity index (χ0) is 13.0. The van der Waals surface area contributed by atoms with Gasteiger partial charge < -0.3 is 5.32 Å². The Balaban J connectivity index is 1.88. The van der Waals surface area contributed by atoms with Gasteiger partial charge in [0, 0.05) is 16.8 Å². The molecule has 0 aliphatic heterocycles. The molecule has 0 spiro atoms. The van der Waals surface area contributed by atoms with Crippen molar-refractivity contribution in [3.05, 3.63) is 29.3 Å². The van der Waals surface area contributed by atoms with Crippen LogP contribution in [-0.2, 0) is 0 Å². The minimum atomic E-state index is 0.384. The molecule has 1 aromatic rings. The molecule has 2 saturated carbocycles. The highest BCUT2D eigenvalue weighted by Gasteiger charge is 2.59. The summed E-state index contributed by atoms with van der Waals surface area (Å²) < 4.78 is 0. The van der Waals surface area contributed by atoms with E-state index in [1.807, 2.05) is 18.2 Å². The molecule has 0 aromatic heterocycles. The van der Waals surface area contributed by atoms with E-state index >= 15 is 0 Å². The Hall–Kier alpha value is -0.690. The number of benzene rings is 1. The van der Waals surface area contributed by atoms with Crippen LogP contribution in [0.1, 0.15) is 40.0 Å². The fraction of sp³-hybridized carbons (Fsp3) is 0.625. The van der Waals surface area contributed by atoms with Crippen LogP contribution in [0.25, 0.3) is 0 Å². The molecule has 1 nitrogen and oxygen atoms in total. The number of hydrogen-bond donors (Lipinski definition) is 1. The van der Waals surface area contributed by atoms with Gasteiger partial charge in [0.05, 0.1) is 0 Å². The molecule has 0 amide bonds. The quantitative estimate of drug-likeness (QED) is 0.795. The van der Waals surface area contributed by atoms with Gasteiger partial charge in [-0.2, -0.15) is 0 Å². The van der Waals surface area contributed by atoms with E-state index in [4.69, 9.17) is 11.6 Å². The lowest BCUT2D eigenvalue weighted by molar-refractivity contribution is 0.155. The molecule has 1 N–H and O–H groups in total. The van der Waals surface area contributed by atoms with Gasteiger partial charge in [-0.1, -0.05) is 38.4 Å². The van der Waals surface area contributed by atoms with Crippen LogP contribution in [0.5, 0.6) is 0 Å². The molecule has 2 aliphatic carbocycles. The number of anilines is 1. The Morgan fingerprint density at radius 2 is 2.06 bits per heavy atom. The van der Waals surface area contributed by atoms with Gasteiger partial charge in [0.2, 0.25) is 0 Å². The second kappa shape index (κ2) is 3.90. The van der Waals surface area contributed by atoms with Gasteiger partial charge in [-0.15, -0.1) is 0 Å². The van der Waals surface area contributed by atoms with Crippen LogP contribution in [0.2, 0.25) is 5.02 Å². The predicted octanol–water partition coefficient (Wildman–Crippen LogP) is 4.97. The summed E-state index contributed by atoms with van der Waals surface area (Å²) >= 11 is 6.08. The van der Waals surface area contributed by atoms with Crippen LogP contribution < -0.4 is 5.32 Å². The maximum atomic E-state index is 6.08. The molecule has 18 heavy (non-hydrogen) atoms. The highest BCUT2D eigenvalue weighted by atomic mass is 35.5. The summed E-state index contributed by atoms with van der Waals surface area (Å²) in [5.74, 6) is 0.874. The van der Waals surface area contributed by atoms with E-state index in [1.54, 1.807) is 0 Å². The van der Waals surface area contributed by atoms with Crippen molar-refractivity contribution >= 4 is 17.3 Å². The van der Waals surface area contributed by atoms with E-state index in [9.17, 15) is 0 Å². The molecule has 98 valence electrons. The smallest absolute Gasteiger partial charge is 0.0426 e. The van der Waals surface area contributed by atoms with E-state index < -0.39 is 0 Å². The summed E-state index contributed by atoms with van der Waals surface area (Å²) in [5.41, 5.74) is 2.00. The van der Waals surface area contributed by atoms with Crippen LogP contribution >= 0.6 is 11.6 Å². The van der Waals surface area contributed by atoms with E-state index in [2.05, 4.69) is 32.2 Å². The van der Waals surface area contributed by atoms with Crippen LogP contribution in [0.4, 0.5) is 5.69 Å². The van der Waals surface area contributed by atoms with Crippen LogP contribution in [0.3, 0.4) is 0 Å². The van der Waals surface area contributed by atoms with Crippen LogP contribution in [0.15, 0.2) is 24.3 Å². The minimum Gasteiger partial charge on any atom is -0.381 e. The lowest BCUT2D eigenvalue weighted by atomic mass is 9.68. The van der Waals surface area contributed by atoms with Crippen molar-refractivity contribution in [3.8, 4) is 0 Å². The molecule has 1 aromatic carbocycles. The summed E-state index contributed by atoms with van der Waals surface area (Å²) in [5, 5.41) is 4.57. The highest BCUT2D eigenvalue weighted by molar-refractivity contribution is 6.30. The zero-order valence-corrected chi connectivity index (χ0v) is 12.2. The Labute approximate surface area is 115 Å². The van der Waals surface area contributed by atoms with Gasteiger partial charge in [0.25, 0.3) is 0 Å². The average Bonchev–Trinajstić information content (AvgIpc) is 2.76. The van der Waals surface area contributed by atoms with Crippen molar-refractivity contribution < 1.29 is 0 Å². The molecule has 2 fully saturated rings. The average molecular weight is 264 g/mol. The molecule has 2 heteroatoms. The van der Waals surface area contributed by atoms with Crippen molar-refractivity contribution in [1.29, 1.82) is 0 Å². The molecule has 3 atom stereocenters. The summed E-state index contributed by atoms with van der Waals surface area (Å²) in [4.78, 5) is 0. The summed E-state index contributed by atoms with van der Waals surface area (Å²) in [6.07, 6.45) is 4.13. The molecule has 3 rings (SSSR count). The van der Waals surface area contributed by atoms with Gasteiger partial charge in [-0.05, 0) is 54.2 Å². The molecule has 2 bridgehead atoms. The standard InChI is InChI=1S/C16H22ClN/c1-15(2)11-7-8-16(3,10-11)14(15)18-13-6-4-5-12(17)9-13/h4-6,9,11,14,18H,7-8,10H2,1-3H3/t11-,14?,16+/m0/s1. The first kappa shape index (κ1) is 12.3. The molecular weight excluding hydrogens is 242 g/mol. The second-order valence-electron chi connectivity index (χ2n) is 7.00. The molecular formula is C16H22ClN. The summed E-state index contributed by atoms with van der Waals surface area (Å²) in [6.45, 7) is 7.29. The Bertz CT molecular complexity index is 463. The van der Waals surface area contributed by atoms with Gasteiger partial charge >= 0.3 is 0 Å². The Morgan fingerprint density at radius 1 is 1.28 bits per heavy atom. The lowest BCUT2D eigenvalue weighted by Crippen LogP contribution is -2.45. The molecule has 0 radical (unpaired) electrons. The van der Waals surface area contributed by atoms with Gasteiger partial charge in [0.15, 0.2) is 0 Å². The topological polar surface area (TPSA) is 12.0 Å². The number of rotatable bonds is 2. The molecule has 0 saturated heterocycles. The minimum absolute atomic E-state index is 0.384. The van der Waals surface area contributed by atoms with Crippen LogP contribution in [-0.4, -0.2) is 6.04 Å². The van der Waals surface area contributed by atoms with E-state index in [0.717, 1.165) is 16.6 Å². The number of fused-ring (bicyclic) bond motifs is 2. The Morgan fingerprint density at radius 3 is 2.67 bits per heavy atom. The number of nitrogens with one attached hydrogen (secondary N) is 1. The molecule has 0 heterocycles. The lowest BCUT2D eigenvalue weighted by Gasteiger charge is -2.43. The van der Waals surface area contributed by atoms with Crippen molar-refractivity contribution in [2.24, 2.45) is 16.7 Å². The van der Waals surface area contributed by atoms with Gasteiger partial charge in [0.1, 0.15) is 0 Å². The van der Waals surface area contributed by atoms with Crippen molar-refractivity contribution in [3.63, 3.8) is 0 Å². The fourth-order valence-electron chi connectivity index (χ4n) is 4.41.